The summed E-state index contributed by atoms with van der Waals surface area (Å²) in [5.74, 6) is 0. The summed E-state index contributed by atoms with van der Waals surface area (Å²) in [7, 11) is 0. The molecular formula is C115H98. The maximum Gasteiger partial charge on any atom is 0.0158 e. The van der Waals surface area contributed by atoms with Crippen molar-refractivity contribution in [2.75, 3.05) is 0 Å². The van der Waals surface area contributed by atoms with E-state index in [2.05, 4.69) is 414 Å². The van der Waals surface area contributed by atoms with E-state index in [0.717, 1.165) is 0 Å². The molecule has 0 bridgehead atoms. The van der Waals surface area contributed by atoms with Crippen molar-refractivity contribution >= 4 is 64.6 Å². The Labute approximate surface area is 679 Å². The Kier molecular flexibility index (Phi) is 17.3. The highest BCUT2D eigenvalue weighted by molar-refractivity contribution is 6.25. The van der Waals surface area contributed by atoms with Crippen molar-refractivity contribution in [1.82, 2.24) is 0 Å². The summed E-state index contributed by atoms with van der Waals surface area (Å²) in [4.78, 5) is 0. The average molecular weight is 1480 g/mol. The second-order valence-electron chi connectivity index (χ2n) is 35.2. The van der Waals surface area contributed by atoms with Gasteiger partial charge in [0.2, 0.25) is 0 Å². The van der Waals surface area contributed by atoms with E-state index in [4.69, 9.17) is 0 Å². The lowest BCUT2D eigenvalue weighted by Gasteiger charge is -2.22. The molecule has 115 heavy (non-hydrogen) atoms. The van der Waals surface area contributed by atoms with Crippen LogP contribution in [0.4, 0.5) is 0 Å². The Hall–Kier alpha value is -12.5. The minimum Gasteiger partial charge on any atom is -0.0619 e. The molecule has 558 valence electrons. The SMILES string of the molecule is Cc1ccc(-c2c3ccccc3c(-c3ccc4c(c3)-c3ccccc3C4(C)C)c3cc(C)ccc23)c(C)c1.Cc1ccc2c(-c3cc(C)c(C)c(C)c3)c3ccccc3c(-c3ccc4c(c3)-c3ccccc3C4(C)C)c2c1.Cc1ccc2c(-c3ccc(C)c(C)c3)c3ccccc3c(-c3ccc4c(c3)-c3ccccc3C4(C)C)c2c1. The number of hydrogen-bond donors (Lipinski definition) is 0. The molecule has 3 aliphatic rings. The van der Waals surface area contributed by atoms with Gasteiger partial charge in [0, 0.05) is 16.2 Å². The number of hydrogen-bond acceptors (Lipinski definition) is 0. The monoisotopic (exact) mass is 1480 g/mol. The highest BCUT2D eigenvalue weighted by Crippen LogP contribution is 2.56. The molecule has 0 aliphatic heterocycles. The lowest BCUT2D eigenvalue weighted by Crippen LogP contribution is -2.14. The minimum atomic E-state index is 0.0101. The molecule has 0 amide bonds. The van der Waals surface area contributed by atoms with Crippen LogP contribution in [0.1, 0.15) is 131 Å². The maximum atomic E-state index is 2.45. The second kappa shape index (κ2) is 27.4. The number of aryl methyl sites for hydroxylation is 9. The van der Waals surface area contributed by atoms with Gasteiger partial charge in [0.25, 0.3) is 0 Å². The van der Waals surface area contributed by atoms with Crippen LogP contribution in [0, 0.1) is 69.2 Å². The summed E-state index contributed by atoms with van der Waals surface area (Å²) in [5, 5.41) is 15.8. The van der Waals surface area contributed by atoms with Crippen LogP contribution >= 0.6 is 0 Å². The van der Waals surface area contributed by atoms with Gasteiger partial charge in [0.1, 0.15) is 0 Å². The van der Waals surface area contributed by atoms with Crippen molar-refractivity contribution in [2.45, 2.75) is 127 Å². The molecule has 0 saturated heterocycles. The van der Waals surface area contributed by atoms with Crippen molar-refractivity contribution in [3.05, 3.63) is 392 Å². The normalized spacial score (nSPS) is 13.6. The quantitative estimate of drug-likeness (QED) is 0.146. The average Bonchev–Trinajstić information content (AvgIpc) is 1.72. The van der Waals surface area contributed by atoms with E-state index in [1.54, 1.807) is 0 Å². The Bertz CT molecular complexity index is 7130. The Morgan fingerprint density at radius 1 is 0.157 bits per heavy atom. The first kappa shape index (κ1) is 72.7. The van der Waals surface area contributed by atoms with E-state index in [0.29, 0.717) is 0 Å². The smallest absolute Gasteiger partial charge is 0.0158 e. The van der Waals surface area contributed by atoms with Gasteiger partial charge >= 0.3 is 0 Å². The van der Waals surface area contributed by atoms with Gasteiger partial charge in [-0.1, -0.05) is 349 Å². The number of benzene rings is 18. The molecular weight excluding hydrogens is 1380 g/mol. The molecule has 18 aromatic rings. The third-order valence-corrected chi connectivity index (χ3v) is 26.8. The third-order valence-electron chi connectivity index (χ3n) is 26.8. The van der Waals surface area contributed by atoms with E-state index in [1.807, 2.05) is 0 Å². The second-order valence-corrected chi connectivity index (χ2v) is 35.2. The fraction of sp³-hybridized carbons (Fsp3) is 0.165. The van der Waals surface area contributed by atoms with Gasteiger partial charge in [-0.15, -0.1) is 0 Å². The molecule has 0 saturated carbocycles. The van der Waals surface area contributed by atoms with Crippen molar-refractivity contribution in [3.63, 3.8) is 0 Å². The van der Waals surface area contributed by atoms with Crippen LogP contribution < -0.4 is 0 Å². The van der Waals surface area contributed by atoms with Crippen LogP contribution in [-0.4, -0.2) is 0 Å². The molecule has 21 rings (SSSR count). The molecule has 3 aliphatic carbocycles. The molecule has 0 heterocycles. The fourth-order valence-electron chi connectivity index (χ4n) is 20.5. The summed E-state index contributed by atoms with van der Waals surface area (Å²) < 4.78 is 0. The topological polar surface area (TPSA) is 0 Å². The third kappa shape index (κ3) is 11.7. The van der Waals surface area contributed by atoms with Crippen molar-refractivity contribution in [2.24, 2.45) is 0 Å². The summed E-state index contributed by atoms with van der Waals surface area (Å²) in [6, 6.07) is 115. The van der Waals surface area contributed by atoms with E-state index < -0.39 is 0 Å². The van der Waals surface area contributed by atoms with Crippen molar-refractivity contribution in [1.29, 1.82) is 0 Å². The Morgan fingerprint density at radius 2 is 0.426 bits per heavy atom. The van der Waals surface area contributed by atoms with Gasteiger partial charge in [0.05, 0.1) is 0 Å². The summed E-state index contributed by atoms with van der Waals surface area (Å²) in [6.07, 6.45) is 0. The van der Waals surface area contributed by atoms with Crippen LogP contribution in [0.5, 0.6) is 0 Å². The standard InChI is InChI=1S/C39H34.2C38H32/c1-23-15-17-32-34(19-23)37(27-16-18-36-33(22-27)29-11-9-10-14-35(29)39(36,5)6)30-12-7-8-13-31(30)38(32)28-20-24(2)26(4)25(3)21-28;1-23-14-17-27(25(3)20-23)37-30-12-7-6-11-29(30)36(33-21-24(2)15-18-31(33)37)26-16-19-35-32(22-26)28-10-8-9-13-34(28)38(35,4)5;1-23-14-18-31-33(20-23)37(27-17-19-35-32(22-27)28-10-8-9-13-34(28)38(35,4)5)30-12-7-6-11-29(30)36(31)26-16-15-24(2)25(3)21-26/h7-22H,1-6H3;2*6-22H,1-5H3. The number of rotatable bonds is 6. The van der Waals surface area contributed by atoms with Crippen molar-refractivity contribution < 1.29 is 0 Å². The molecule has 0 nitrogen and oxygen atoms in total. The molecule has 18 aromatic carbocycles. The zero-order valence-electron chi connectivity index (χ0n) is 69.4. The predicted molar refractivity (Wildman–Crippen MR) is 497 cm³/mol. The summed E-state index contributed by atoms with van der Waals surface area (Å²) in [6.45, 7) is 36.2. The summed E-state index contributed by atoms with van der Waals surface area (Å²) >= 11 is 0. The highest BCUT2D eigenvalue weighted by Gasteiger charge is 2.39. The Morgan fingerprint density at radius 3 is 0.791 bits per heavy atom. The van der Waals surface area contributed by atoms with E-state index in [-0.39, 0.29) is 16.2 Å². The molecule has 0 N–H and O–H groups in total. The minimum absolute atomic E-state index is 0.0101. The predicted octanol–water partition coefficient (Wildman–Crippen LogP) is 32.0. The van der Waals surface area contributed by atoms with Gasteiger partial charge < -0.3 is 0 Å². The van der Waals surface area contributed by atoms with Gasteiger partial charge in [-0.3, -0.25) is 0 Å². The van der Waals surface area contributed by atoms with E-state index in [1.165, 1.54) is 254 Å². The molecule has 0 heteroatoms. The van der Waals surface area contributed by atoms with Crippen LogP contribution in [0.25, 0.3) is 165 Å². The maximum absolute atomic E-state index is 2.45. The first-order valence-electron chi connectivity index (χ1n) is 41.3. The first-order valence-corrected chi connectivity index (χ1v) is 41.3. The van der Waals surface area contributed by atoms with Crippen LogP contribution in [0.2, 0.25) is 0 Å². The largest absolute Gasteiger partial charge is 0.0619 e. The highest BCUT2D eigenvalue weighted by atomic mass is 14.4. The summed E-state index contributed by atoms with van der Waals surface area (Å²) in [5.41, 5.74) is 45.7. The lowest BCUT2D eigenvalue weighted by atomic mass is 9.81. The van der Waals surface area contributed by atoms with Gasteiger partial charge in [-0.25, -0.2) is 0 Å². The molecule has 0 spiro atoms. The van der Waals surface area contributed by atoms with Crippen molar-refractivity contribution in [3.8, 4) is 100 Å². The number of fused-ring (bicyclic) bond motifs is 15. The molecule has 0 atom stereocenters. The van der Waals surface area contributed by atoms with Gasteiger partial charge in [0.15, 0.2) is 0 Å². The molecule has 0 aromatic heterocycles. The van der Waals surface area contributed by atoms with E-state index in [9.17, 15) is 0 Å². The van der Waals surface area contributed by atoms with Crippen LogP contribution in [-0.2, 0) is 16.2 Å². The van der Waals surface area contributed by atoms with Crippen LogP contribution in [0.15, 0.2) is 303 Å². The van der Waals surface area contributed by atoms with Crippen LogP contribution in [0.3, 0.4) is 0 Å². The van der Waals surface area contributed by atoms with E-state index >= 15 is 0 Å². The lowest BCUT2D eigenvalue weighted by molar-refractivity contribution is 0.660. The zero-order valence-corrected chi connectivity index (χ0v) is 69.4. The molecule has 0 radical (unpaired) electrons. The molecule has 0 fully saturated rings. The van der Waals surface area contributed by atoms with Gasteiger partial charge in [-0.05, 0) is 319 Å². The Balaban J connectivity index is 0.000000115. The fourth-order valence-corrected chi connectivity index (χ4v) is 20.5. The first-order chi connectivity index (χ1) is 55.4. The molecule has 0 unspecified atom stereocenters. The van der Waals surface area contributed by atoms with Gasteiger partial charge in [-0.2, -0.15) is 0 Å². The zero-order chi connectivity index (χ0) is 79.4.